The lowest BCUT2D eigenvalue weighted by Crippen LogP contribution is -2.26. The average molecular weight is 262 g/mol. The molecule has 3 heteroatoms. The lowest BCUT2D eigenvalue weighted by molar-refractivity contribution is 0.284. The van der Waals surface area contributed by atoms with Gasteiger partial charge in [0.05, 0.1) is 12.4 Å². The molecule has 1 unspecified atom stereocenters. The second-order valence-corrected chi connectivity index (χ2v) is 6.10. The molecule has 1 rings (SSSR count). The number of nitrogens with one attached hydrogen (secondary N) is 1. The molecule has 0 saturated carbocycles. The molecule has 0 aliphatic carbocycles. The predicted molar refractivity (Wildman–Crippen MR) is 81.1 cm³/mol. The van der Waals surface area contributed by atoms with E-state index in [0.717, 1.165) is 12.2 Å². The van der Waals surface area contributed by atoms with Crippen LogP contribution in [0.25, 0.3) is 0 Å². The zero-order valence-electron chi connectivity index (χ0n) is 12.7. The van der Waals surface area contributed by atoms with Crippen LogP contribution in [0.15, 0.2) is 18.2 Å². The normalized spacial score (nSPS) is 13.1. The first-order chi connectivity index (χ1) is 8.75. The van der Waals surface area contributed by atoms with Crippen LogP contribution in [0.2, 0.25) is 0 Å². The molecule has 3 N–H and O–H groups in total. The summed E-state index contributed by atoms with van der Waals surface area (Å²) in [5.74, 6) is 1.01. The van der Waals surface area contributed by atoms with Gasteiger partial charge in [-0.1, -0.05) is 46.8 Å². The van der Waals surface area contributed by atoms with Gasteiger partial charge in [0.25, 0.3) is 0 Å². The van der Waals surface area contributed by atoms with Crippen molar-refractivity contribution in [3.8, 4) is 5.75 Å². The maximum Gasteiger partial charge on any atom is 0.123 e. The molecular weight excluding hydrogens is 236 g/mol. The van der Waals surface area contributed by atoms with Crippen LogP contribution in [0.3, 0.4) is 0 Å². The minimum Gasteiger partial charge on any atom is -0.493 e. The van der Waals surface area contributed by atoms with Crippen LogP contribution in [0.1, 0.15) is 45.7 Å². The Kier molecular flexibility index (Phi) is 4.98. The van der Waals surface area contributed by atoms with Crippen LogP contribution in [0.5, 0.6) is 5.75 Å². The molecule has 0 aliphatic rings. The van der Waals surface area contributed by atoms with Gasteiger partial charge in [0.15, 0.2) is 0 Å². The molecule has 0 radical (unpaired) electrons. The smallest absolute Gasteiger partial charge is 0.123 e. The van der Waals surface area contributed by atoms with Crippen molar-refractivity contribution in [2.45, 2.75) is 46.5 Å². The van der Waals surface area contributed by atoms with Crippen molar-refractivity contribution in [1.29, 1.82) is 5.41 Å². The SMILES string of the molecule is CCc1ccc(OCC(C)C(=N)N)c(C(C)(C)C)c1. The molecule has 0 aromatic heterocycles. The zero-order valence-corrected chi connectivity index (χ0v) is 12.7. The van der Waals surface area contributed by atoms with Gasteiger partial charge in [0, 0.05) is 5.92 Å². The Morgan fingerprint density at radius 2 is 2.00 bits per heavy atom. The van der Waals surface area contributed by atoms with E-state index < -0.39 is 0 Å². The summed E-state index contributed by atoms with van der Waals surface area (Å²) in [6.07, 6.45) is 1.02. The van der Waals surface area contributed by atoms with E-state index in [0.29, 0.717) is 6.61 Å². The van der Waals surface area contributed by atoms with Crippen molar-refractivity contribution >= 4 is 5.84 Å². The number of ether oxygens (including phenoxy) is 1. The number of aryl methyl sites for hydroxylation is 1. The Hall–Kier alpha value is -1.51. The minimum absolute atomic E-state index is 0.0416. The average Bonchev–Trinajstić information content (AvgIpc) is 2.34. The molecule has 0 spiro atoms. The molecule has 1 aromatic rings. The Balaban J connectivity index is 2.97. The van der Waals surface area contributed by atoms with Crippen LogP contribution in [0.4, 0.5) is 0 Å². The maximum absolute atomic E-state index is 7.40. The van der Waals surface area contributed by atoms with Crippen molar-refractivity contribution in [1.82, 2.24) is 0 Å². The third-order valence-electron chi connectivity index (χ3n) is 3.28. The van der Waals surface area contributed by atoms with Gasteiger partial charge in [-0.3, -0.25) is 5.41 Å². The standard InChI is InChI=1S/C16H26N2O/c1-6-12-7-8-14(13(9-12)16(3,4)5)19-10-11(2)15(17)18/h7-9,11H,6,10H2,1-5H3,(H3,17,18). The Morgan fingerprint density at radius 3 is 2.47 bits per heavy atom. The van der Waals surface area contributed by atoms with E-state index in [2.05, 4.69) is 39.8 Å². The summed E-state index contributed by atoms with van der Waals surface area (Å²) in [4.78, 5) is 0. The monoisotopic (exact) mass is 262 g/mol. The molecule has 0 aliphatic heterocycles. The van der Waals surface area contributed by atoms with E-state index in [1.54, 1.807) is 0 Å². The maximum atomic E-state index is 7.40. The number of hydrogen-bond donors (Lipinski definition) is 2. The minimum atomic E-state index is -0.0568. The number of rotatable bonds is 5. The Bertz CT molecular complexity index is 447. The highest BCUT2D eigenvalue weighted by atomic mass is 16.5. The number of benzene rings is 1. The Morgan fingerprint density at radius 1 is 1.37 bits per heavy atom. The molecule has 0 heterocycles. The predicted octanol–water partition coefficient (Wildman–Crippen LogP) is 3.50. The fraction of sp³-hybridized carbons (Fsp3) is 0.562. The summed E-state index contributed by atoms with van der Waals surface area (Å²) >= 11 is 0. The molecule has 106 valence electrons. The lowest BCUT2D eigenvalue weighted by atomic mass is 9.85. The molecule has 0 amide bonds. The zero-order chi connectivity index (χ0) is 14.6. The van der Waals surface area contributed by atoms with Crippen LogP contribution in [0, 0.1) is 11.3 Å². The first kappa shape index (κ1) is 15.5. The third kappa shape index (κ3) is 4.27. The second-order valence-electron chi connectivity index (χ2n) is 6.10. The molecule has 0 saturated heterocycles. The van der Waals surface area contributed by atoms with Crippen molar-refractivity contribution in [3.63, 3.8) is 0 Å². The molecule has 19 heavy (non-hydrogen) atoms. The summed E-state index contributed by atoms with van der Waals surface area (Å²) in [6.45, 7) is 11.1. The van der Waals surface area contributed by atoms with E-state index in [4.69, 9.17) is 15.9 Å². The van der Waals surface area contributed by atoms with E-state index in [9.17, 15) is 0 Å². The fourth-order valence-electron chi connectivity index (χ4n) is 1.81. The van der Waals surface area contributed by atoms with Crippen molar-refractivity contribution in [2.24, 2.45) is 11.7 Å². The lowest BCUT2D eigenvalue weighted by Gasteiger charge is -2.24. The molecular formula is C16H26N2O. The van der Waals surface area contributed by atoms with Gasteiger partial charge in [-0.15, -0.1) is 0 Å². The van der Waals surface area contributed by atoms with Crippen LogP contribution < -0.4 is 10.5 Å². The van der Waals surface area contributed by atoms with Crippen LogP contribution in [-0.4, -0.2) is 12.4 Å². The fourth-order valence-corrected chi connectivity index (χ4v) is 1.81. The number of amidine groups is 1. The topological polar surface area (TPSA) is 59.1 Å². The van der Waals surface area contributed by atoms with E-state index in [-0.39, 0.29) is 17.2 Å². The largest absolute Gasteiger partial charge is 0.493 e. The molecule has 0 bridgehead atoms. The summed E-state index contributed by atoms with van der Waals surface area (Å²) in [5.41, 5.74) is 8.04. The molecule has 1 aromatic carbocycles. The summed E-state index contributed by atoms with van der Waals surface area (Å²) in [5, 5.41) is 7.40. The first-order valence-corrected chi connectivity index (χ1v) is 6.85. The van der Waals surface area contributed by atoms with Gasteiger partial charge in [-0.25, -0.2) is 0 Å². The molecule has 1 atom stereocenters. The first-order valence-electron chi connectivity index (χ1n) is 6.85. The van der Waals surface area contributed by atoms with Crippen molar-refractivity contribution in [3.05, 3.63) is 29.3 Å². The quantitative estimate of drug-likeness (QED) is 0.630. The van der Waals surface area contributed by atoms with E-state index >= 15 is 0 Å². The summed E-state index contributed by atoms with van der Waals surface area (Å²) in [6, 6.07) is 6.35. The van der Waals surface area contributed by atoms with Crippen LogP contribution in [-0.2, 0) is 11.8 Å². The second kappa shape index (κ2) is 6.09. The third-order valence-corrected chi connectivity index (χ3v) is 3.28. The Labute approximate surface area is 116 Å². The van der Waals surface area contributed by atoms with Gasteiger partial charge in [-0.05, 0) is 29.0 Å². The van der Waals surface area contributed by atoms with Gasteiger partial charge < -0.3 is 10.5 Å². The van der Waals surface area contributed by atoms with Gasteiger partial charge in [-0.2, -0.15) is 0 Å². The summed E-state index contributed by atoms with van der Waals surface area (Å²) in [7, 11) is 0. The van der Waals surface area contributed by atoms with E-state index in [1.807, 2.05) is 13.0 Å². The summed E-state index contributed by atoms with van der Waals surface area (Å²) < 4.78 is 5.87. The van der Waals surface area contributed by atoms with Gasteiger partial charge in [0.2, 0.25) is 0 Å². The highest BCUT2D eigenvalue weighted by molar-refractivity contribution is 5.79. The van der Waals surface area contributed by atoms with Gasteiger partial charge in [0.1, 0.15) is 5.75 Å². The van der Waals surface area contributed by atoms with Crippen molar-refractivity contribution in [2.75, 3.05) is 6.61 Å². The highest BCUT2D eigenvalue weighted by Crippen LogP contribution is 2.32. The van der Waals surface area contributed by atoms with Gasteiger partial charge >= 0.3 is 0 Å². The molecule has 0 fully saturated rings. The van der Waals surface area contributed by atoms with Crippen molar-refractivity contribution < 1.29 is 4.74 Å². The van der Waals surface area contributed by atoms with E-state index in [1.165, 1.54) is 11.1 Å². The highest BCUT2D eigenvalue weighted by Gasteiger charge is 2.20. The van der Waals surface area contributed by atoms with Crippen LogP contribution >= 0.6 is 0 Å². The number of nitrogens with two attached hydrogens (primary N) is 1. The number of hydrogen-bond acceptors (Lipinski definition) is 2. The molecule has 3 nitrogen and oxygen atoms in total.